The van der Waals surface area contributed by atoms with Crippen molar-refractivity contribution in [3.8, 4) is 33.9 Å². The second-order valence-electron chi connectivity index (χ2n) is 8.63. The normalized spacial score (nSPS) is 11.5. The number of hydrogen-bond donors (Lipinski definition) is 0. The Morgan fingerprint density at radius 3 is 2.00 bits per heavy atom. The monoisotopic (exact) mass is 499 g/mol. The predicted octanol–water partition coefficient (Wildman–Crippen LogP) is 9.05. The lowest BCUT2D eigenvalue weighted by molar-refractivity contribution is 1.07. The van der Waals surface area contributed by atoms with Crippen molar-refractivity contribution in [1.82, 2.24) is 15.0 Å². The van der Waals surface area contributed by atoms with Crippen molar-refractivity contribution in [3.05, 3.63) is 114 Å². The number of fused-ring (bicyclic) bond motifs is 4. The zero-order valence-corrected chi connectivity index (χ0v) is 20.6. The zero-order valence-electron chi connectivity index (χ0n) is 19.0. The number of thiophene rings is 1. The molecule has 0 fully saturated rings. The lowest BCUT2D eigenvalue weighted by Crippen LogP contribution is -1.98. The molecule has 0 aliphatic heterocycles. The number of halogens is 1. The van der Waals surface area contributed by atoms with E-state index >= 15 is 0 Å². The van der Waals surface area contributed by atoms with Crippen molar-refractivity contribution in [1.29, 1.82) is 0 Å². The van der Waals surface area contributed by atoms with E-state index in [0.29, 0.717) is 11.6 Å². The molecule has 0 unspecified atom stereocenters. The lowest BCUT2D eigenvalue weighted by Gasteiger charge is -2.11. The molecule has 3 nitrogen and oxygen atoms in total. The predicted molar refractivity (Wildman–Crippen MR) is 152 cm³/mol. The summed E-state index contributed by atoms with van der Waals surface area (Å²) in [6.07, 6.45) is 0. The van der Waals surface area contributed by atoms with Crippen molar-refractivity contribution >= 4 is 53.9 Å². The quantitative estimate of drug-likeness (QED) is 0.243. The fourth-order valence-electron chi connectivity index (χ4n) is 4.84. The average molecular weight is 500 g/mol. The molecule has 0 spiro atoms. The van der Waals surface area contributed by atoms with Crippen molar-refractivity contribution in [2.24, 2.45) is 0 Å². The van der Waals surface area contributed by atoms with Crippen LogP contribution in [-0.2, 0) is 0 Å². The van der Waals surface area contributed by atoms with Crippen molar-refractivity contribution < 1.29 is 0 Å². The number of nitrogens with zero attached hydrogens (tertiary/aromatic N) is 3. The van der Waals surface area contributed by atoms with Gasteiger partial charge < -0.3 is 0 Å². The molecule has 0 atom stereocenters. The second-order valence-corrected chi connectivity index (χ2v) is 10.1. The summed E-state index contributed by atoms with van der Waals surface area (Å²) < 4.78 is 2.51. The molecular weight excluding hydrogens is 482 g/mol. The molecule has 5 aromatic carbocycles. The van der Waals surface area contributed by atoms with Crippen molar-refractivity contribution in [2.45, 2.75) is 0 Å². The van der Waals surface area contributed by atoms with Crippen LogP contribution in [0.3, 0.4) is 0 Å². The summed E-state index contributed by atoms with van der Waals surface area (Å²) in [6.45, 7) is 0. The smallest absolute Gasteiger partial charge is 0.208 e. The molecule has 0 N–H and O–H groups in total. The van der Waals surface area contributed by atoms with E-state index in [4.69, 9.17) is 16.6 Å². The van der Waals surface area contributed by atoms with Gasteiger partial charge in [0.05, 0.1) is 0 Å². The first-order valence-corrected chi connectivity index (χ1v) is 12.8. The minimum atomic E-state index is 0.182. The van der Waals surface area contributed by atoms with Crippen LogP contribution in [0.1, 0.15) is 0 Å². The molecule has 0 aliphatic carbocycles. The summed E-state index contributed by atoms with van der Waals surface area (Å²) in [5, 5.41) is 4.84. The van der Waals surface area contributed by atoms with E-state index in [2.05, 4.69) is 101 Å². The van der Waals surface area contributed by atoms with Gasteiger partial charge in [0.15, 0.2) is 11.6 Å². The van der Waals surface area contributed by atoms with E-state index in [9.17, 15) is 0 Å². The summed E-state index contributed by atoms with van der Waals surface area (Å²) in [5.74, 6) is 1.13. The highest BCUT2D eigenvalue weighted by Crippen LogP contribution is 2.37. The number of aromatic nitrogens is 3. The Labute approximate surface area is 216 Å². The minimum absolute atomic E-state index is 0.182. The Morgan fingerprint density at radius 1 is 0.472 bits per heavy atom. The number of rotatable bonds is 3. The molecule has 36 heavy (non-hydrogen) atoms. The molecule has 0 saturated heterocycles. The molecular formula is C31H18ClN3S. The first kappa shape index (κ1) is 21.2. The highest BCUT2D eigenvalue weighted by molar-refractivity contribution is 7.25. The fraction of sp³-hybridized carbons (Fsp3) is 0. The molecule has 2 heterocycles. The highest BCUT2D eigenvalue weighted by Gasteiger charge is 2.15. The third-order valence-electron chi connectivity index (χ3n) is 6.49. The van der Waals surface area contributed by atoms with E-state index in [1.54, 1.807) is 11.3 Å². The number of hydrogen-bond acceptors (Lipinski definition) is 4. The zero-order chi connectivity index (χ0) is 24.1. The fourth-order valence-corrected chi connectivity index (χ4v) is 6.09. The van der Waals surface area contributed by atoms with Crippen LogP contribution < -0.4 is 0 Å². The molecule has 0 radical (unpaired) electrons. The van der Waals surface area contributed by atoms with Crippen LogP contribution in [0.4, 0.5) is 0 Å². The van der Waals surface area contributed by atoms with Gasteiger partial charge in [0, 0.05) is 31.3 Å². The van der Waals surface area contributed by atoms with Gasteiger partial charge in [-0.1, -0.05) is 84.9 Å². The van der Waals surface area contributed by atoms with Crippen LogP contribution in [0.15, 0.2) is 109 Å². The Kier molecular flexibility index (Phi) is 5.01. The van der Waals surface area contributed by atoms with E-state index in [0.717, 1.165) is 21.9 Å². The Hall–Kier alpha value is -4.12. The van der Waals surface area contributed by atoms with E-state index in [-0.39, 0.29) is 5.28 Å². The first-order valence-electron chi connectivity index (χ1n) is 11.7. The third-order valence-corrected chi connectivity index (χ3v) is 7.81. The minimum Gasteiger partial charge on any atom is -0.208 e. The molecule has 170 valence electrons. The van der Waals surface area contributed by atoms with Gasteiger partial charge in [-0.2, -0.15) is 9.97 Å². The van der Waals surface area contributed by atoms with E-state index in [1.165, 1.54) is 31.3 Å². The van der Waals surface area contributed by atoms with Gasteiger partial charge in [0.1, 0.15) is 0 Å². The van der Waals surface area contributed by atoms with Crippen LogP contribution in [-0.4, -0.2) is 15.0 Å². The first-order chi connectivity index (χ1) is 17.7. The maximum atomic E-state index is 6.46. The van der Waals surface area contributed by atoms with E-state index < -0.39 is 0 Å². The van der Waals surface area contributed by atoms with Gasteiger partial charge >= 0.3 is 0 Å². The van der Waals surface area contributed by atoms with Crippen LogP contribution in [0.2, 0.25) is 5.28 Å². The highest BCUT2D eigenvalue weighted by atomic mass is 35.5. The summed E-state index contributed by atoms with van der Waals surface area (Å²) in [7, 11) is 0. The van der Waals surface area contributed by atoms with Gasteiger partial charge in [-0.25, -0.2) is 4.98 Å². The molecule has 7 aromatic rings. The van der Waals surface area contributed by atoms with Gasteiger partial charge in [-0.05, 0) is 57.8 Å². The second kappa shape index (κ2) is 8.52. The van der Waals surface area contributed by atoms with Gasteiger partial charge in [0.2, 0.25) is 5.28 Å². The molecule has 7 rings (SSSR count). The molecule has 0 bridgehead atoms. The SMILES string of the molecule is Clc1nc(-c2ccc3sc4ccccc4c3c2)nc(-c2cccc3c(-c4ccccc4)cccc23)n1. The van der Waals surface area contributed by atoms with Crippen LogP contribution in [0.5, 0.6) is 0 Å². The number of benzene rings is 5. The Balaban J connectivity index is 1.40. The van der Waals surface area contributed by atoms with Crippen molar-refractivity contribution in [2.75, 3.05) is 0 Å². The largest absolute Gasteiger partial charge is 0.226 e. The maximum Gasteiger partial charge on any atom is 0.226 e. The van der Waals surface area contributed by atoms with Crippen LogP contribution in [0, 0.1) is 0 Å². The van der Waals surface area contributed by atoms with Crippen molar-refractivity contribution in [3.63, 3.8) is 0 Å². The van der Waals surface area contributed by atoms with E-state index in [1.807, 2.05) is 18.2 Å². The maximum absolute atomic E-state index is 6.46. The Bertz CT molecular complexity index is 1910. The van der Waals surface area contributed by atoms with Crippen LogP contribution in [0.25, 0.3) is 64.8 Å². The van der Waals surface area contributed by atoms with Gasteiger partial charge in [0.25, 0.3) is 0 Å². The summed E-state index contributed by atoms with van der Waals surface area (Å²) in [6, 6.07) is 37.8. The topological polar surface area (TPSA) is 38.7 Å². The molecule has 0 amide bonds. The standard InChI is InChI=1S/C31H18ClN3S/c32-31-34-29(20-16-17-28-26(18-20)24-10-4-5-15-27(24)36-28)33-30(35-31)25-14-7-12-22-21(11-6-13-23(22)25)19-8-2-1-3-9-19/h1-18H. The molecule has 0 aliphatic rings. The molecule has 5 heteroatoms. The average Bonchev–Trinajstić information content (AvgIpc) is 3.30. The summed E-state index contributed by atoms with van der Waals surface area (Å²) in [5.41, 5.74) is 4.19. The van der Waals surface area contributed by atoms with Crippen LogP contribution >= 0.6 is 22.9 Å². The Morgan fingerprint density at radius 2 is 1.14 bits per heavy atom. The third kappa shape index (κ3) is 3.54. The van der Waals surface area contributed by atoms with Gasteiger partial charge in [-0.3, -0.25) is 0 Å². The summed E-state index contributed by atoms with van der Waals surface area (Å²) >= 11 is 8.25. The lowest BCUT2D eigenvalue weighted by atomic mass is 9.95. The molecule has 0 saturated carbocycles. The van der Waals surface area contributed by atoms with Gasteiger partial charge in [-0.15, -0.1) is 11.3 Å². The summed E-state index contributed by atoms with van der Waals surface area (Å²) in [4.78, 5) is 13.9. The molecule has 2 aromatic heterocycles.